The highest BCUT2D eigenvalue weighted by Gasteiger charge is 2.28. The fraction of sp³-hybridized carbons (Fsp3) is 0.522. The van der Waals surface area contributed by atoms with Crippen LogP contribution in [0.4, 0.5) is 0 Å². The molecule has 0 saturated carbocycles. The lowest BCUT2D eigenvalue weighted by Crippen LogP contribution is -2.49. The third-order valence-electron chi connectivity index (χ3n) is 6.10. The number of aliphatic hydroxyl groups is 1. The highest BCUT2D eigenvalue weighted by molar-refractivity contribution is 5.72. The van der Waals surface area contributed by atoms with Gasteiger partial charge in [0.1, 0.15) is 11.2 Å². The second-order valence-corrected chi connectivity index (χ2v) is 8.12. The van der Waals surface area contributed by atoms with Crippen molar-refractivity contribution in [1.82, 2.24) is 29.5 Å². The van der Waals surface area contributed by atoms with E-state index in [0.717, 1.165) is 50.5 Å². The van der Waals surface area contributed by atoms with Gasteiger partial charge in [-0.3, -0.25) is 24.3 Å². The Hall–Kier alpha value is -2.59. The first-order valence-electron chi connectivity index (χ1n) is 11.3. The van der Waals surface area contributed by atoms with Gasteiger partial charge < -0.3 is 9.84 Å². The van der Waals surface area contributed by atoms with Gasteiger partial charge in [-0.1, -0.05) is 37.3 Å². The average molecular weight is 441 g/mol. The molecule has 1 aromatic carbocycles. The molecule has 1 fully saturated rings. The molecule has 1 aliphatic heterocycles. The molecule has 32 heavy (non-hydrogen) atoms. The van der Waals surface area contributed by atoms with E-state index in [0.29, 0.717) is 30.8 Å². The van der Waals surface area contributed by atoms with E-state index < -0.39 is 0 Å². The minimum atomic E-state index is -0.0549. The Morgan fingerprint density at radius 2 is 1.94 bits per heavy atom. The molecule has 0 amide bonds. The molecule has 1 saturated heterocycles. The fourth-order valence-electron chi connectivity index (χ4n) is 4.38. The molecular weight excluding hydrogens is 408 g/mol. The van der Waals surface area contributed by atoms with E-state index >= 15 is 0 Å². The van der Waals surface area contributed by atoms with E-state index in [1.807, 2.05) is 34.9 Å². The summed E-state index contributed by atoms with van der Waals surface area (Å²) < 4.78 is 7.22. The van der Waals surface area contributed by atoms with Crippen molar-refractivity contribution >= 4 is 11.0 Å². The van der Waals surface area contributed by atoms with Crippen LogP contribution in [0, 0.1) is 0 Å². The van der Waals surface area contributed by atoms with Crippen LogP contribution in [-0.4, -0.2) is 87.2 Å². The average Bonchev–Trinajstić information content (AvgIpc) is 3.30. The number of nitrogens with one attached hydrogen (secondary N) is 1. The maximum Gasteiger partial charge on any atom is 0.265 e. The van der Waals surface area contributed by atoms with E-state index in [1.54, 1.807) is 6.20 Å². The zero-order valence-electron chi connectivity index (χ0n) is 18.6. The Kier molecular flexibility index (Phi) is 7.64. The van der Waals surface area contributed by atoms with Crippen LogP contribution in [0.3, 0.4) is 0 Å². The third kappa shape index (κ3) is 5.07. The number of piperazine rings is 1. The van der Waals surface area contributed by atoms with Crippen molar-refractivity contribution in [2.45, 2.75) is 25.9 Å². The summed E-state index contributed by atoms with van der Waals surface area (Å²) in [5, 5.41) is 16.3. The summed E-state index contributed by atoms with van der Waals surface area (Å²) in [6.07, 6.45) is 2.43. The summed E-state index contributed by atoms with van der Waals surface area (Å²) in [4.78, 5) is 23.0. The quantitative estimate of drug-likeness (QED) is 0.458. The van der Waals surface area contributed by atoms with Gasteiger partial charge in [-0.25, -0.2) is 4.98 Å². The van der Waals surface area contributed by atoms with E-state index in [1.165, 1.54) is 0 Å². The Morgan fingerprint density at radius 3 is 2.66 bits per heavy atom. The van der Waals surface area contributed by atoms with Gasteiger partial charge in [0.15, 0.2) is 5.65 Å². The number of ether oxygens (including phenoxy) is 1. The van der Waals surface area contributed by atoms with Crippen LogP contribution in [-0.2, 0) is 11.3 Å². The molecule has 3 heterocycles. The predicted octanol–water partition coefficient (Wildman–Crippen LogP) is 1.25. The fourth-order valence-corrected chi connectivity index (χ4v) is 4.38. The summed E-state index contributed by atoms with van der Waals surface area (Å²) in [5.74, 6) is 0.790. The summed E-state index contributed by atoms with van der Waals surface area (Å²) in [7, 11) is 0. The van der Waals surface area contributed by atoms with Gasteiger partial charge in [0.2, 0.25) is 0 Å². The summed E-state index contributed by atoms with van der Waals surface area (Å²) in [6, 6.07) is 10.1. The van der Waals surface area contributed by atoms with Crippen molar-refractivity contribution in [3.8, 4) is 0 Å². The highest BCUT2D eigenvalue weighted by atomic mass is 16.5. The maximum absolute atomic E-state index is 13.3. The molecule has 0 bridgehead atoms. The molecule has 172 valence electrons. The number of aliphatic hydroxyl groups excluding tert-OH is 1. The molecule has 1 aliphatic rings. The van der Waals surface area contributed by atoms with Crippen molar-refractivity contribution in [3.05, 3.63) is 58.3 Å². The number of aromatic amines is 1. The number of hydrogen-bond donors (Lipinski definition) is 2. The lowest BCUT2D eigenvalue weighted by Gasteiger charge is -2.39. The predicted molar refractivity (Wildman–Crippen MR) is 123 cm³/mol. The summed E-state index contributed by atoms with van der Waals surface area (Å²) in [5.41, 5.74) is 1.57. The van der Waals surface area contributed by atoms with E-state index in [4.69, 9.17) is 14.8 Å². The van der Waals surface area contributed by atoms with Gasteiger partial charge in [0, 0.05) is 32.7 Å². The topological polar surface area (TPSA) is 99.5 Å². The van der Waals surface area contributed by atoms with Crippen LogP contribution >= 0.6 is 0 Å². The minimum absolute atomic E-state index is 0.0481. The van der Waals surface area contributed by atoms with E-state index in [2.05, 4.69) is 26.9 Å². The molecule has 4 rings (SSSR count). The molecule has 9 nitrogen and oxygen atoms in total. The van der Waals surface area contributed by atoms with Crippen molar-refractivity contribution in [1.29, 1.82) is 0 Å². The van der Waals surface area contributed by atoms with Gasteiger partial charge in [0.25, 0.3) is 5.56 Å². The second-order valence-electron chi connectivity index (χ2n) is 8.12. The normalized spacial score (nSPS) is 16.6. The van der Waals surface area contributed by atoms with Gasteiger partial charge in [-0.15, -0.1) is 0 Å². The lowest BCUT2D eigenvalue weighted by molar-refractivity contribution is 0.0460. The number of benzene rings is 1. The molecule has 0 spiro atoms. The highest BCUT2D eigenvalue weighted by Crippen LogP contribution is 2.25. The van der Waals surface area contributed by atoms with E-state index in [9.17, 15) is 4.79 Å². The Morgan fingerprint density at radius 1 is 1.16 bits per heavy atom. The molecule has 3 aromatic rings. The first-order chi connectivity index (χ1) is 15.7. The smallest absolute Gasteiger partial charge is 0.265 e. The van der Waals surface area contributed by atoms with Gasteiger partial charge in [-0.05, 0) is 12.0 Å². The van der Waals surface area contributed by atoms with E-state index in [-0.39, 0.29) is 18.2 Å². The molecule has 0 radical (unpaired) electrons. The molecular formula is C23H32N6O3. The number of H-pyrrole nitrogens is 1. The summed E-state index contributed by atoms with van der Waals surface area (Å²) >= 11 is 0. The molecule has 2 N–H and O–H groups in total. The monoisotopic (exact) mass is 440 g/mol. The zero-order valence-corrected chi connectivity index (χ0v) is 18.6. The van der Waals surface area contributed by atoms with Crippen LogP contribution in [0.25, 0.3) is 11.0 Å². The standard InChI is InChI=1S/C23H32N6O3/c1-2-20(28-10-8-27(9-11-28)12-14-32-15-13-30)22-25-21-19(16-24-26-21)23(31)29(22)17-18-6-4-3-5-7-18/h3-7,16,20,30H,2,8-15,17H2,1H3,(H,24,26). The van der Waals surface area contributed by atoms with Gasteiger partial charge in [0.05, 0.1) is 38.6 Å². The van der Waals surface area contributed by atoms with Crippen LogP contribution in [0.15, 0.2) is 41.3 Å². The molecule has 0 aliphatic carbocycles. The van der Waals surface area contributed by atoms with Gasteiger partial charge in [-0.2, -0.15) is 5.10 Å². The molecule has 1 atom stereocenters. The first-order valence-corrected chi connectivity index (χ1v) is 11.3. The van der Waals surface area contributed by atoms with Crippen molar-refractivity contribution in [2.24, 2.45) is 0 Å². The molecule has 9 heteroatoms. The van der Waals surface area contributed by atoms with Gasteiger partial charge >= 0.3 is 0 Å². The van der Waals surface area contributed by atoms with Crippen LogP contribution in [0.1, 0.15) is 30.8 Å². The number of aromatic nitrogens is 4. The number of rotatable bonds is 10. The Balaban J connectivity index is 1.56. The lowest BCUT2D eigenvalue weighted by atomic mass is 10.1. The van der Waals surface area contributed by atoms with Crippen LogP contribution < -0.4 is 5.56 Å². The SMILES string of the molecule is CCC(c1nc2[nH]ncc2c(=O)n1Cc1ccccc1)N1CCN(CCOCCO)CC1. The largest absolute Gasteiger partial charge is 0.394 e. The minimum Gasteiger partial charge on any atom is -0.394 e. The van der Waals surface area contributed by atoms with Crippen molar-refractivity contribution in [2.75, 3.05) is 52.5 Å². The van der Waals surface area contributed by atoms with Crippen molar-refractivity contribution in [3.63, 3.8) is 0 Å². The number of hydrogen-bond acceptors (Lipinski definition) is 7. The third-order valence-corrected chi connectivity index (χ3v) is 6.10. The second kappa shape index (κ2) is 10.8. The number of nitrogens with zero attached hydrogens (tertiary/aromatic N) is 5. The Labute approximate surface area is 187 Å². The Bertz CT molecular complexity index is 1040. The summed E-state index contributed by atoms with van der Waals surface area (Å²) in [6.45, 7) is 8.26. The maximum atomic E-state index is 13.3. The molecule has 1 unspecified atom stereocenters. The molecule has 2 aromatic heterocycles. The van der Waals surface area contributed by atoms with Crippen LogP contribution in [0.5, 0.6) is 0 Å². The zero-order chi connectivity index (χ0) is 22.3. The van der Waals surface area contributed by atoms with Crippen molar-refractivity contribution < 1.29 is 9.84 Å². The first kappa shape index (κ1) is 22.6. The number of fused-ring (bicyclic) bond motifs is 1. The van der Waals surface area contributed by atoms with Crippen LogP contribution in [0.2, 0.25) is 0 Å².